The standard InChI is InChI=1S/C29H38NO4/c1-22(2)32-21-33-29(23-11-5-3-6-12-23,24-13-7-4-8-14-24)28(31)34-27-19-25-15-16-26(20-27)30(25)17-9-10-18-30/h3-8,11-14,22,25-27H,9-10,15-21H2,1-2H3/q+1. The summed E-state index contributed by atoms with van der Waals surface area (Å²) in [7, 11) is 0. The van der Waals surface area contributed by atoms with Gasteiger partial charge < -0.3 is 18.7 Å². The normalized spacial score (nSPS) is 25.7. The Kier molecular flexibility index (Phi) is 6.79. The molecule has 3 heterocycles. The van der Waals surface area contributed by atoms with Crippen LogP contribution in [-0.4, -0.2) is 54.6 Å². The SMILES string of the molecule is CC(C)OCOC(C(=O)OC1CC2CCC(C1)[N+]21CCCC1)(c1ccccc1)c1ccccc1. The van der Waals surface area contributed by atoms with Crippen LogP contribution in [0.2, 0.25) is 0 Å². The van der Waals surface area contributed by atoms with Crippen LogP contribution < -0.4 is 0 Å². The second kappa shape index (κ2) is 9.80. The minimum Gasteiger partial charge on any atom is -0.459 e. The van der Waals surface area contributed by atoms with Crippen molar-refractivity contribution in [3.63, 3.8) is 0 Å². The Morgan fingerprint density at radius 1 is 0.912 bits per heavy atom. The Labute approximate surface area is 203 Å². The molecule has 34 heavy (non-hydrogen) atoms. The van der Waals surface area contributed by atoms with E-state index in [-0.39, 0.29) is 25.0 Å². The minimum atomic E-state index is -1.37. The van der Waals surface area contributed by atoms with Gasteiger partial charge in [-0.3, -0.25) is 0 Å². The molecule has 0 aromatic heterocycles. The topological polar surface area (TPSA) is 44.8 Å². The number of benzene rings is 2. The van der Waals surface area contributed by atoms with Crippen molar-refractivity contribution in [2.24, 2.45) is 0 Å². The maximum atomic E-state index is 14.1. The lowest BCUT2D eigenvalue weighted by Gasteiger charge is -2.47. The molecule has 0 N–H and O–H groups in total. The molecule has 0 aliphatic carbocycles. The number of carbonyl (C=O) groups excluding carboxylic acids is 1. The number of rotatable bonds is 8. The van der Waals surface area contributed by atoms with Crippen molar-refractivity contribution in [1.82, 2.24) is 0 Å². The molecule has 5 nitrogen and oxygen atoms in total. The smallest absolute Gasteiger partial charge is 0.348 e. The zero-order valence-corrected chi connectivity index (χ0v) is 20.5. The zero-order valence-electron chi connectivity index (χ0n) is 20.5. The van der Waals surface area contributed by atoms with E-state index in [1.807, 2.05) is 74.5 Å². The molecule has 0 saturated carbocycles. The molecule has 5 rings (SSSR count). The van der Waals surface area contributed by atoms with Crippen LogP contribution in [0.5, 0.6) is 0 Å². The lowest BCUT2D eigenvalue weighted by atomic mass is 9.85. The van der Waals surface area contributed by atoms with E-state index in [0.717, 1.165) is 24.0 Å². The molecule has 2 bridgehead atoms. The molecule has 3 aliphatic rings. The van der Waals surface area contributed by atoms with Gasteiger partial charge in [0.1, 0.15) is 12.9 Å². The molecule has 5 heteroatoms. The van der Waals surface area contributed by atoms with Gasteiger partial charge in [-0.05, 0) is 25.0 Å². The molecule has 2 unspecified atom stereocenters. The Balaban J connectivity index is 1.44. The van der Waals surface area contributed by atoms with Gasteiger partial charge in [-0.1, -0.05) is 60.7 Å². The summed E-state index contributed by atoms with van der Waals surface area (Å²) in [5.41, 5.74) is 0.161. The third kappa shape index (κ3) is 4.19. The summed E-state index contributed by atoms with van der Waals surface area (Å²) in [4.78, 5) is 14.1. The van der Waals surface area contributed by atoms with Gasteiger partial charge in [0.2, 0.25) is 5.60 Å². The highest BCUT2D eigenvalue weighted by molar-refractivity contribution is 5.86. The molecule has 3 saturated heterocycles. The third-order valence-electron chi connectivity index (χ3n) is 8.35. The zero-order chi connectivity index (χ0) is 23.6. The van der Waals surface area contributed by atoms with E-state index in [1.165, 1.54) is 43.3 Å². The second-order valence-electron chi connectivity index (χ2n) is 10.5. The van der Waals surface area contributed by atoms with E-state index in [1.54, 1.807) is 0 Å². The van der Waals surface area contributed by atoms with Crippen molar-refractivity contribution in [2.75, 3.05) is 19.9 Å². The molecule has 3 aliphatic heterocycles. The largest absolute Gasteiger partial charge is 0.459 e. The van der Waals surface area contributed by atoms with Crippen LogP contribution in [0.1, 0.15) is 63.5 Å². The predicted molar refractivity (Wildman–Crippen MR) is 131 cm³/mol. The number of hydrogen-bond acceptors (Lipinski definition) is 4. The van der Waals surface area contributed by atoms with Gasteiger partial charge in [0, 0.05) is 38.5 Å². The molecule has 2 aromatic carbocycles. The summed E-state index contributed by atoms with van der Waals surface area (Å²) in [6.45, 7) is 6.55. The van der Waals surface area contributed by atoms with Crippen LogP contribution >= 0.6 is 0 Å². The van der Waals surface area contributed by atoms with E-state index in [0.29, 0.717) is 12.1 Å². The van der Waals surface area contributed by atoms with Crippen LogP contribution in [-0.2, 0) is 24.6 Å². The van der Waals surface area contributed by atoms with Gasteiger partial charge in [0.05, 0.1) is 31.3 Å². The number of quaternary nitrogens is 1. The Morgan fingerprint density at radius 3 is 1.94 bits per heavy atom. The first-order chi connectivity index (χ1) is 16.5. The van der Waals surface area contributed by atoms with Crippen molar-refractivity contribution in [3.05, 3.63) is 71.8 Å². The van der Waals surface area contributed by atoms with Crippen LogP contribution in [0.3, 0.4) is 0 Å². The number of ether oxygens (including phenoxy) is 3. The van der Waals surface area contributed by atoms with E-state index in [2.05, 4.69) is 0 Å². The van der Waals surface area contributed by atoms with Crippen molar-refractivity contribution < 1.29 is 23.5 Å². The fourth-order valence-electron chi connectivity index (χ4n) is 6.77. The fraction of sp³-hybridized carbons (Fsp3) is 0.552. The average molecular weight is 465 g/mol. The number of esters is 1. The first-order valence-electron chi connectivity index (χ1n) is 13.0. The lowest BCUT2D eigenvalue weighted by Crippen LogP contribution is -2.60. The molecule has 1 spiro atoms. The maximum absolute atomic E-state index is 14.1. The molecule has 3 fully saturated rings. The van der Waals surface area contributed by atoms with E-state index >= 15 is 0 Å². The molecular formula is C29H38NO4+. The molecule has 0 amide bonds. The average Bonchev–Trinajstić information content (AvgIpc) is 3.39. The molecule has 2 atom stereocenters. The fourth-order valence-corrected chi connectivity index (χ4v) is 6.77. The minimum absolute atomic E-state index is 0.00499. The summed E-state index contributed by atoms with van der Waals surface area (Å²) >= 11 is 0. The highest BCUT2D eigenvalue weighted by Crippen LogP contribution is 2.47. The third-order valence-corrected chi connectivity index (χ3v) is 8.35. The van der Waals surface area contributed by atoms with E-state index < -0.39 is 5.60 Å². The molecule has 0 radical (unpaired) electrons. The van der Waals surface area contributed by atoms with Crippen molar-refractivity contribution in [2.45, 2.75) is 82.3 Å². The van der Waals surface area contributed by atoms with Crippen molar-refractivity contribution in [1.29, 1.82) is 0 Å². The summed E-state index contributed by atoms with van der Waals surface area (Å²) < 4.78 is 19.8. The quantitative estimate of drug-likeness (QED) is 0.307. The van der Waals surface area contributed by atoms with Crippen molar-refractivity contribution in [3.8, 4) is 0 Å². The number of piperidine rings is 1. The predicted octanol–water partition coefficient (Wildman–Crippen LogP) is 5.18. The van der Waals surface area contributed by atoms with Gasteiger partial charge in [-0.15, -0.1) is 0 Å². The molecule has 182 valence electrons. The van der Waals surface area contributed by atoms with Gasteiger partial charge in [-0.25, -0.2) is 4.79 Å². The summed E-state index contributed by atoms with van der Waals surface area (Å²) in [6.07, 6.45) is 7.07. The first kappa shape index (κ1) is 23.5. The highest BCUT2D eigenvalue weighted by atomic mass is 16.7. The number of hydrogen-bond donors (Lipinski definition) is 0. The first-order valence-corrected chi connectivity index (χ1v) is 13.0. The van der Waals surface area contributed by atoms with Gasteiger partial charge in [0.25, 0.3) is 0 Å². The number of carbonyl (C=O) groups is 1. The number of nitrogens with zero attached hydrogens (tertiary/aromatic N) is 1. The van der Waals surface area contributed by atoms with Gasteiger partial charge in [-0.2, -0.15) is 0 Å². The van der Waals surface area contributed by atoms with Gasteiger partial charge in [0.15, 0.2) is 0 Å². The summed E-state index contributed by atoms with van der Waals surface area (Å²) in [5, 5.41) is 0. The highest BCUT2D eigenvalue weighted by Gasteiger charge is 2.56. The van der Waals surface area contributed by atoms with Crippen molar-refractivity contribution >= 4 is 5.97 Å². The monoisotopic (exact) mass is 464 g/mol. The molecular weight excluding hydrogens is 426 g/mol. The van der Waals surface area contributed by atoms with Crippen LogP contribution in [0.15, 0.2) is 60.7 Å². The lowest BCUT2D eigenvalue weighted by molar-refractivity contribution is -0.956. The Morgan fingerprint density at radius 2 is 1.44 bits per heavy atom. The molecule has 2 aromatic rings. The Bertz CT molecular complexity index is 899. The summed E-state index contributed by atoms with van der Waals surface area (Å²) in [6, 6.07) is 20.7. The van der Waals surface area contributed by atoms with E-state index in [4.69, 9.17) is 14.2 Å². The van der Waals surface area contributed by atoms with Gasteiger partial charge >= 0.3 is 5.97 Å². The van der Waals surface area contributed by atoms with Crippen LogP contribution in [0.4, 0.5) is 0 Å². The summed E-state index contributed by atoms with van der Waals surface area (Å²) in [5.74, 6) is -0.337. The second-order valence-corrected chi connectivity index (χ2v) is 10.5. The maximum Gasteiger partial charge on any atom is 0.348 e. The Hall–Kier alpha value is -2.21. The van der Waals surface area contributed by atoms with E-state index in [9.17, 15) is 4.79 Å². The van der Waals surface area contributed by atoms with Crippen LogP contribution in [0.25, 0.3) is 0 Å². The van der Waals surface area contributed by atoms with Crippen LogP contribution in [0, 0.1) is 0 Å².